The zero-order chi connectivity index (χ0) is 33.3. The van der Waals surface area contributed by atoms with E-state index in [1.165, 1.54) is 30.8 Å². The predicted octanol–water partition coefficient (Wildman–Crippen LogP) is 4.73. The van der Waals surface area contributed by atoms with Gasteiger partial charge in [0.05, 0.1) is 17.5 Å². The first-order valence-electron chi connectivity index (χ1n) is 16.3. The molecule has 47 heavy (non-hydrogen) atoms. The minimum atomic E-state index is -3.02. The van der Waals surface area contributed by atoms with Crippen LogP contribution in [0.15, 0.2) is 43.0 Å². The zero-order valence-electron chi connectivity index (χ0n) is 27.4. The maximum atomic E-state index is 14.3. The summed E-state index contributed by atoms with van der Waals surface area (Å²) in [6, 6.07) is 5.85. The minimum absolute atomic E-state index is 0.0148. The number of nitrogens with zero attached hydrogens (tertiary/aromatic N) is 5. The van der Waals surface area contributed by atoms with Crippen molar-refractivity contribution >= 4 is 21.6 Å². The third-order valence-corrected chi connectivity index (χ3v) is 10.4. The van der Waals surface area contributed by atoms with E-state index in [0.29, 0.717) is 31.0 Å². The maximum absolute atomic E-state index is 14.3. The number of carbonyl (C=O) groups excluding carboxylic acids is 1. The summed E-state index contributed by atoms with van der Waals surface area (Å²) in [5, 5.41) is 3.54. The van der Waals surface area contributed by atoms with Gasteiger partial charge >= 0.3 is 0 Å². The van der Waals surface area contributed by atoms with Crippen molar-refractivity contribution in [2.45, 2.75) is 71.1 Å². The number of fused-ring (bicyclic) bond motifs is 1. The number of halogens is 1. The molecule has 6 rings (SSSR count). The molecule has 3 aliphatic rings. The van der Waals surface area contributed by atoms with Gasteiger partial charge in [-0.2, -0.15) is 0 Å². The van der Waals surface area contributed by atoms with Gasteiger partial charge in [0, 0.05) is 73.9 Å². The fraction of sp³-hybridized carbons (Fsp3) is 0.529. The number of carbonyl (C=O) groups is 1. The molecule has 3 aromatic rings. The molecule has 1 saturated heterocycles. The molecule has 1 unspecified atom stereocenters. The van der Waals surface area contributed by atoms with Crippen molar-refractivity contribution in [2.75, 3.05) is 43.1 Å². The number of hydrogen-bond donors (Lipinski definition) is 1. The van der Waals surface area contributed by atoms with Crippen LogP contribution in [-0.2, 0) is 16.3 Å². The van der Waals surface area contributed by atoms with E-state index in [-0.39, 0.29) is 46.6 Å². The van der Waals surface area contributed by atoms with Crippen molar-refractivity contribution in [3.05, 3.63) is 65.6 Å². The Morgan fingerprint density at radius 1 is 1.17 bits per heavy atom. The second-order valence-electron chi connectivity index (χ2n) is 13.3. The summed E-state index contributed by atoms with van der Waals surface area (Å²) in [5.74, 6) is 1.46. The largest absolute Gasteiger partial charge is 0.490 e. The molecule has 1 N–H and O–H groups in total. The number of amides is 1. The highest BCUT2D eigenvalue weighted by atomic mass is 32.2. The normalized spacial score (nSPS) is 18.8. The van der Waals surface area contributed by atoms with Gasteiger partial charge in [0.2, 0.25) is 0 Å². The molecule has 252 valence electrons. The van der Waals surface area contributed by atoms with E-state index in [9.17, 15) is 17.6 Å². The summed E-state index contributed by atoms with van der Waals surface area (Å²) < 4.78 is 50.4. The lowest BCUT2D eigenvalue weighted by molar-refractivity contribution is -0.0352. The molecule has 1 saturated carbocycles. The standard InChI is InChI=1S/C34H43FN6O5S/c1-5-41(22(2)3)33(42)25-15-23(35)8-9-28(25)46-30-18-36-21-39-32(30)40-19-34(20-40)16-24(17-34)45-29-11-13-38-27-10-12-37-26(31(27)29)7-6-14-47(4,43)44/h8-9,11,13,15,18,21-22,24,26,37H,5-7,10,12,14,16-17,19-20H2,1-4H3. The van der Waals surface area contributed by atoms with Crippen LogP contribution in [0.5, 0.6) is 17.2 Å². The SMILES string of the molecule is CCN(C(=O)c1cc(F)ccc1Oc1cncnc1N1CC2(CC(Oc3ccnc4c3C(CCCS(C)(=O)=O)NCC4)C2)C1)C(C)C. The molecule has 11 nitrogen and oxygen atoms in total. The average Bonchev–Trinajstić information content (AvgIpc) is 2.98. The second-order valence-corrected chi connectivity index (χ2v) is 15.6. The van der Waals surface area contributed by atoms with Gasteiger partial charge in [-0.3, -0.25) is 9.78 Å². The highest BCUT2D eigenvalue weighted by molar-refractivity contribution is 7.90. The van der Waals surface area contributed by atoms with Crippen molar-refractivity contribution in [2.24, 2.45) is 5.41 Å². The van der Waals surface area contributed by atoms with Crippen molar-refractivity contribution < 1.29 is 27.1 Å². The Balaban J connectivity index is 1.10. The fourth-order valence-electron chi connectivity index (χ4n) is 7.17. The molecule has 2 aliphatic heterocycles. The number of aromatic nitrogens is 3. The molecule has 13 heteroatoms. The van der Waals surface area contributed by atoms with Crippen molar-refractivity contribution in [1.82, 2.24) is 25.2 Å². The van der Waals surface area contributed by atoms with Gasteiger partial charge in [0.15, 0.2) is 11.6 Å². The highest BCUT2D eigenvalue weighted by Gasteiger charge is 2.54. The van der Waals surface area contributed by atoms with E-state index in [0.717, 1.165) is 55.9 Å². The average molecular weight is 667 g/mol. The van der Waals surface area contributed by atoms with Gasteiger partial charge in [0.1, 0.15) is 39.6 Å². The lowest BCUT2D eigenvalue weighted by Gasteiger charge is -2.59. The summed E-state index contributed by atoms with van der Waals surface area (Å²) in [6.45, 7) is 8.57. The van der Waals surface area contributed by atoms with Crippen LogP contribution in [0.1, 0.15) is 74.1 Å². The number of anilines is 1. The molecular formula is C34H43FN6O5S. The molecule has 1 spiro atoms. The first kappa shape index (κ1) is 33.1. The summed E-state index contributed by atoms with van der Waals surface area (Å²) in [6.07, 6.45) is 10.1. The van der Waals surface area contributed by atoms with Crippen LogP contribution in [0, 0.1) is 11.2 Å². The van der Waals surface area contributed by atoms with Crippen molar-refractivity contribution in [3.8, 4) is 17.2 Å². The van der Waals surface area contributed by atoms with Crippen LogP contribution in [0.3, 0.4) is 0 Å². The van der Waals surface area contributed by atoms with Crippen molar-refractivity contribution in [1.29, 1.82) is 0 Å². The number of hydrogen-bond acceptors (Lipinski definition) is 10. The summed E-state index contributed by atoms with van der Waals surface area (Å²) in [4.78, 5) is 30.4. The fourth-order valence-corrected chi connectivity index (χ4v) is 7.86. The monoisotopic (exact) mass is 666 g/mol. The first-order valence-corrected chi connectivity index (χ1v) is 18.4. The summed E-state index contributed by atoms with van der Waals surface area (Å²) in [5.41, 5.74) is 2.33. The Labute approximate surface area is 275 Å². The smallest absolute Gasteiger partial charge is 0.257 e. The molecule has 1 atom stereocenters. The number of ether oxygens (including phenoxy) is 2. The van der Waals surface area contributed by atoms with Gasteiger partial charge in [-0.05, 0) is 70.7 Å². The van der Waals surface area contributed by atoms with Crippen LogP contribution < -0.4 is 19.7 Å². The number of nitrogens with one attached hydrogen (secondary N) is 1. The Morgan fingerprint density at radius 3 is 2.68 bits per heavy atom. The van der Waals surface area contributed by atoms with Gasteiger partial charge in [-0.15, -0.1) is 0 Å². The van der Waals surface area contributed by atoms with Crippen LogP contribution in [0.2, 0.25) is 0 Å². The van der Waals surface area contributed by atoms with Gasteiger partial charge in [0.25, 0.3) is 5.91 Å². The molecule has 2 aromatic heterocycles. The molecular weight excluding hydrogens is 623 g/mol. The van der Waals surface area contributed by atoms with E-state index in [4.69, 9.17) is 9.47 Å². The molecule has 1 aliphatic carbocycles. The molecule has 0 radical (unpaired) electrons. The lowest BCUT2D eigenvalue weighted by atomic mass is 9.61. The molecule has 0 bridgehead atoms. The second kappa shape index (κ2) is 13.3. The van der Waals surface area contributed by atoms with Crippen LogP contribution >= 0.6 is 0 Å². The van der Waals surface area contributed by atoms with Crippen LogP contribution in [-0.4, -0.2) is 84.5 Å². The Hall–Kier alpha value is -3.84. The number of sulfone groups is 1. The van der Waals surface area contributed by atoms with Crippen molar-refractivity contribution in [3.63, 3.8) is 0 Å². The van der Waals surface area contributed by atoms with Gasteiger partial charge < -0.3 is 24.6 Å². The topological polar surface area (TPSA) is 127 Å². The highest BCUT2D eigenvalue weighted by Crippen LogP contribution is 2.52. The molecule has 1 aromatic carbocycles. The Bertz CT molecular complexity index is 1720. The number of rotatable bonds is 12. The Morgan fingerprint density at radius 2 is 1.96 bits per heavy atom. The predicted molar refractivity (Wildman–Crippen MR) is 176 cm³/mol. The summed E-state index contributed by atoms with van der Waals surface area (Å²) >= 11 is 0. The van der Waals surface area contributed by atoms with E-state index in [2.05, 4.69) is 25.2 Å². The summed E-state index contributed by atoms with van der Waals surface area (Å²) in [7, 11) is -3.02. The molecule has 4 heterocycles. The van der Waals surface area contributed by atoms with Gasteiger partial charge in [-0.25, -0.2) is 22.8 Å². The van der Waals surface area contributed by atoms with E-state index < -0.39 is 15.7 Å². The third-order valence-electron chi connectivity index (χ3n) is 9.38. The minimum Gasteiger partial charge on any atom is -0.490 e. The zero-order valence-corrected chi connectivity index (χ0v) is 28.2. The Kier molecular flexibility index (Phi) is 9.39. The third kappa shape index (κ3) is 7.20. The van der Waals surface area contributed by atoms with Gasteiger partial charge in [-0.1, -0.05) is 0 Å². The first-order chi connectivity index (χ1) is 22.4. The van der Waals surface area contributed by atoms with Crippen LogP contribution in [0.25, 0.3) is 0 Å². The lowest BCUT2D eigenvalue weighted by Crippen LogP contribution is -2.65. The van der Waals surface area contributed by atoms with E-state index in [1.54, 1.807) is 17.3 Å². The molecule has 1 amide bonds. The quantitative estimate of drug-likeness (QED) is 0.290. The van der Waals surface area contributed by atoms with E-state index in [1.807, 2.05) is 26.8 Å². The molecule has 2 fully saturated rings. The van der Waals surface area contributed by atoms with Crippen LogP contribution in [0.4, 0.5) is 10.2 Å². The maximum Gasteiger partial charge on any atom is 0.257 e. The van der Waals surface area contributed by atoms with E-state index >= 15 is 0 Å². The number of pyridine rings is 1. The number of benzene rings is 1.